The molecule has 1 saturated heterocycles. The van der Waals surface area contributed by atoms with Gasteiger partial charge in [0.15, 0.2) is 5.96 Å². The Bertz CT molecular complexity index is 420. The number of ether oxygens (including phenoxy) is 1. The fourth-order valence-corrected chi connectivity index (χ4v) is 2.93. The van der Waals surface area contributed by atoms with E-state index in [2.05, 4.69) is 41.6 Å². The lowest BCUT2D eigenvalue weighted by Crippen LogP contribution is -2.47. The van der Waals surface area contributed by atoms with Gasteiger partial charge in [0.05, 0.1) is 19.8 Å². The first-order valence-electron chi connectivity index (χ1n) is 10.1. The molecule has 0 bridgehead atoms. The van der Waals surface area contributed by atoms with Crippen molar-refractivity contribution in [3.63, 3.8) is 0 Å². The lowest BCUT2D eigenvalue weighted by atomic mass is 10.0. The quantitative estimate of drug-likeness (QED) is 0.305. The van der Waals surface area contributed by atoms with Crippen molar-refractivity contribution >= 4 is 11.9 Å². The highest BCUT2D eigenvalue weighted by molar-refractivity contribution is 5.80. The summed E-state index contributed by atoms with van der Waals surface area (Å²) in [6, 6.07) is 0.440. The van der Waals surface area contributed by atoms with Gasteiger partial charge in [-0.1, -0.05) is 27.7 Å². The molecule has 152 valence electrons. The van der Waals surface area contributed by atoms with Crippen LogP contribution in [0.1, 0.15) is 41.0 Å². The van der Waals surface area contributed by atoms with Gasteiger partial charge in [-0.25, -0.2) is 0 Å². The number of rotatable bonds is 10. The maximum Gasteiger partial charge on any atom is 0.222 e. The van der Waals surface area contributed by atoms with Gasteiger partial charge in [0.1, 0.15) is 0 Å². The molecule has 0 saturated carbocycles. The van der Waals surface area contributed by atoms with Gasteiger partial charge in [-0.05, 0) is 19.3 Å². The maximum absolute atomic E-state index is 11.6. The number of aliphatic imine (C=N–C) groups is 1. The van der Waals surface area contributed by atoms with Gasteiger partial charge >= 0.3 is 0 Å². The first kappa shape index (κ1) is 22.7. The normalized spacial score (nSPS) is 17.4. The molecule has 1 atom stereocenters. The molecular weight excluding hydrogens is 330 g/mol. The number of amides is 1. The zero-order chi connectivity index (χ0) is 19.4. The van der Waals surface area contributed by atoms with Crippen LogP contribution in [-0.2, 0) is 9.53 Å². The lowest BCUT2D eigenvalue weighted by molar-refractivity contribution is -0.123. The molecule has 0 aromatic carbocycles. The van der Waals surface area contributed by atoms with E-state index in [0.717, 1.165) is 51.8 Å². The van der Waals surface area contributed by atoms with Crippen LogP contribution in [0.25, 0.3) is 0 Å². The number of hydrogen-bond acceptors (Lipinski definition) is 4. The van der Waals surface area contributed by atoms with Crippen molar-refractivity contribution < 1.29 is 9.53 Å². The Morgan fingerprint density at radius 2 is 1.73 bits per heavy atom. The van der Waals surface area contributed by atoms with Gasteiger partial charge in [-0.3, -0.25) is 14.7 Å². The first-order chi connectivity index (χ1) is 12.4. The van der Waals surface area contributed by atoms with Crippen LogP contribution in [-0.4, -0.2) is 75.3 Å². The van der Waals surface area contributed by atoms with Gasteiger partial charge in [0.25, 0.3) is 0 Å². The fourth-order valence-electron chi connectivity index (χ4n) is 2.93. The molecule has 3 N–H and O–H groups in total. The van der Waals surface area contributed by atoms with Crippen LogP contribution in [0.2, 0.25) is 0 Å². The van der Waals surface area contributed by atoms with Gasteiger partial charge < -0.3 is 20.7 Å². The molecule has 7 heteroatoms. The van der Waals surface area contributed by atoms with Crippen molar-refractivity contribution in [2.45, 2.75) is 47.1 Å². The first-order valence-corrected chi connectivity index (χ1v) is 10.1. The molecular formula is C19H39N5O2. The average molecular weight is 370 g/mol. The molecule has 1 unspecified atom stereocenters. The van der Waals surface area contributed by atoms with E-state index in [-0.39, 0.29) is 11.8 Å². The third-order valence-corrected chi connectivity index (χ3v) is 4.35. The summed E-state index contributed by atoms with van der Waals surface area (Å²) < 4.78 is 5.48. The largest absolute Gasteiger partial charge is 0.379 e. The summed E-state index contributed by atoms with van der Waals surface area (Å²) in [6.45, 7) is 16.8. The van der Waals surface area contributed by atoms with Gasteiger partial charge in [-0.15, -0.1) is 0 Å². The molecule has 1 aliphatic rings. The number of nitrogens with one attached hydrogen (secondary N) is 3. The number of carbonyl (C=O) groups is 1. The summed E-state index contributed by atoms with van der Waals surface area (Å²) in [5.41, 5.74) is 0. The Hall–Kier alpha value is -1.34. The van der Waals surface area contributed by atoms with Crippen molar-refractivity contribution in [3.05, 3.63) is 0 Å². The van der Waals surface area contributed by atoms with E-state index >= 15 is 0 Å². The highest BCUT2D eigenvalue weighted by atomic mass is 16.5. The van der Waals surface area contributed by atoms with Crippen molar-refractivity contribution in [2.75, 3.05) is 52.5 Å². The number of morpholine rings is 1. The van der Waals surface area contributed by atoms with Gasteiger partial charge in [-0.2, -0.15) is 0 Å². The number of nitrogens with zero attached hydrogens (tertiary/aromatic N) is 2. The predicted octanol–water partition coefficient (Wildman–Crippen LogP) is 1.06. The highest BCUT2D eigenvalue weighted by Gasteiger charge is 2.21. The summed E-state index contributed by atoms with van der Waals surface area (Å²) in [6.07, 6.45) is 1.13. The summed E-state index contributed by atoms with van der Waals surface area (Å²) in [7, 11) is 0. The Labute approximate surface area is 159 Å². The van der Waals surface area contributed by atoms with Crippen LogP contribution in [0.4, 0.5) is 0 Å². The topological polar surface area (TPSA) is 78.0 Å². The van der Waals surface area contributed by atoms with E-state index < -0.39 is 0 Å². The molecule has 0 spiro atoms. The van der Waals surface area contributed by atoms with Gasteiger partial charge in [0, 0.05) is 44.7 Å². The Kier molecular flexibility index (Phi) is 11.3. The lowest BCUT2D eigenvalue weighted by Gasteiger charge is -2.34. The minimum Gasteiger partial charge on any atom is -0.379 e. The highest BCUT2D eigenvalue weighted by Crippen LogP contribution is 2.14. The third-order valence-electron chi connectivity index (χ3n) is 4.35. The fraction of sp³-hybridized carbons (Fsp3) is 0.895. The summed E-state index contributed by atoms with van der Waals surface area (Å²) in [5.74, 6) is 1.55. The Balaban J connectivity index is 2.52. The average Bonchev–Trinajstić information content (AvgIpc) is 2.61. The second-order valence-electron chi connectivity index (χ2n) is 7.52. The second kappa shape index (κ2) is 12.9. The van der Waals surface area contributed by atoms with E-state index in [1.54, 1.807) is 0 Å². The van der Waals surface area contributed by atoms with E-state index in [4.69, 9.17) is 9.73 Å². The summed E-state index contributed by atoms with van der Waals surface area (Å²) in [5, 5.41) is 9.51. The zero-order valence-electron chi connectivity index (χ0n) is 17.3. The van der Waals surface area contributed by atoms with Gasteiger partial charge in [0.2, 0.25) is 5.91 Å². The maximum atomic E-state index is 11.6. The van der Waals surface area contributed by atoms with Crippen molar-refractivity contribution in [1.29, 1.82) is 0 Å². The van der Waals surface area contributed by atoms with Crippen LogP contribution >= 0.6 is 0 Å². The number of hydrogen-bond donors (Lipinski definition) is 3. The second-order valence-corrected chi connectivity index (χ2v) is 7.52. The smallest absolute Gasteiger partial charge is 0.222 e. The molecule has 26 heavy (non-hydrogen) atoms. The molecule has 0 aromatic heterocycles. The molecule has 7 nitrogen and oxygen atoms in total. The minimum absolute atomic E-state index is 0.0159. The van der Waals surface area contributed by atoms with E-state index in [1.807, 2.05) is 13.8 Å². The monoisotopic (exact) mass is 369 g/mol. The van der Waals surface area contributed by atoms with Crippen molar-refractivity contribution in [2.24, 2.45) is 16.8 Å². The molecule has 0 aliphatic carbocycles. The molecule has 1 amide bonds. The van der Waals surface area contributed by atoms with Crippen LogP contribution in [0, 0.1) is 11.8 Å². The molecule has 0 aromatic rings. The molecule has 0 radical (unpaired) electrons. The number of carbonyl (C=O) groups excluding carboxylic acids is 1. The predicted molar refractivity (Wildman–Crippen MR) is 107 cm³/mol. The van der Waals surface area contributed by atoms with E-state index in [9.17, 15) is 4.79 Å². The molecule has 1 rings (SSSR count). The summed E-state index contributed by atoms with van der Waals surface area (Å²) >= 11 is 0. The number of guanidine groups is 1. The molecule has 1 fully saturated rings. The molecule has 1 heterocycles. The van der Waals surface area contributed by atoms with Crippen molar-refractivity contribution in [3.8, 4) is 0 Å². The Morgan fingerprint density at radius 1 is 1.08 bits per heavy atom. The SMILES string of the molecule is CCNC(=NCC(CC(C)C)N1CCOCC1)NCCNC(=O)C(C)C. The van der Waals surface area contributed by atoms with Crippen LogP contribution in [0.15, 0.2) is 4.99 Å². The Morgan fingerprint density at radius 3 is 2.31 bits per heavy atom. The summed E-state index contributed by atoms with van der Waals surface area (Å²) in [4.78, 5) is 18.9. The molecule has 1 aliphatic heterocycles. The zero-order valence-corrected chi connectivity index (χ0v) is 17.3. The van der Waals surface area contributed by atoms with Crippen molar-refractivity contribution in [1.82, 2.24) is 20.9 Å². The minimum atomic E-state index is 0.0159. The van der Waals surface area contributed by atoms with Crippen LogP contribution in [0.5, 0.6) is 0 Å². The van der Waals surface area contributed by atoms with Crippen LogP contribution in [0.3, 0.4) is 0 Å². The standard InChI is InChI=1S/C19H39N5O2/c1-6-20-19(22-8-7-21-18(25)16(4)5)23-14-17(13-15(2)3)24-9-11-26-12-10-24/h15-17H,6-14H2,1-5H3,(H,21,25)(H2,20,22,23). The third kappa shape index (κ3) is 9.38. The van der Waals surface area contributed by atoms with Crippen LogP contribution < -0.4 is 16.0 Å². The van der Waals surface area contributed by atoms with E-state index in [1.165, 1.54) is 0 Å². The van der Waals surface area contributed by atoms with E-state index in [0.29, 0.717) is 25.0 Å².